The van der Waals surface area contributed by atoms with Gasteiger partial charge < -0.3 is 39.4 Å². The highest BCUT2D eigenvalue weighted by molar-refractivity contribution is 8.00. The minimum absolute atomic E-state index is 0.00142. The summed E-state index contributed by atoms with van der Waals surface area (Å²) in [6, 6.07) is 20.5. The smallest absolute Gasteiger partial charge is 0.315 e. The van der Waals surface area contributed by atoms with Crippen LogP contribution in [-0.2, 0) is 37.1 Å². The van der Waals surface area contributed by atoms with Crippen LogP contribution in [0.5, 0.6) is 40.2 Å². The summed E-state index contributed by atoms with van der Waals surface area (Å²) in [7, 11) is 7.59. The van der Waals surface area contributed by atoms with Crippen molar-refractivity contribution in [2.45, 2.75) is 87.4 Å². The molecule has 2 fully saturated rings. The Morgan fingerprint density at radius 2 is 1.60 bits per heavy atom. The molecule has 3 N–H and O–H groups in total. The van der Waals surface area contributed by atoms with Crippen molar-refractivity contribution in [2.75, 3.05) is 47.2 Å². The first-order valence-electron chi connectivity index (χ1n) is 21.1. The Labute approximate surface area is 355 Å². The summed E-state index contributed by atoms with van der Waals surface area (Å²) >= 11 is 1.89. The van der Waals surface area contributed by atoms with Crippen molar-refractivity contribution < 1.29 is 38.4 Å². The molecule has 5 atom stereocenters. The molecule has 0 aromatic heterocycles. The molecular weight excluding hydrogens is 781 g/mol. The zero-order valence-electron chi connectivity index (χ0n) is 34.8. The van der Waals surface area contributed by atoms with Crippen molar-refractivity contribution in [1.29, 1.82) is 0 Å². The van der Waals surface area contributed by atoms with E-state index in [9.17, 15) is 14.7 Å². The van der Waals surface area contributed by atoms with Gasteiger partial charge in [0, 0.05) is 53.7 Å². The molecule has 6 aliphatic heterocycles. The lowest BCUT2D eigenvalue weighted by molar-refractivity contribution is -0.134. The predicted molar refractivity (Wildman–Crippen MR) is 230 cm³/mol. The van der Waals surface area contributed by atoms with E-state index >= 15 is 0 Å². The number of aliphatic hydroxyl groups excluding tert-OH is 1. The Bertz CT molecular complexity index is 2270. The van der Waals surface area contributed by atoms with Gasteiger partial charge in [0.1, 0.15) is 5.75 Å². The Kier molecular flexibility index (Phi) is 11.6. The largest absolute Gasteiger partial charge is 0.493 e. The Hall–Kier alpha value is -4.95. The van der Waals surface area contributed by atoms with Gasteiger partial charge in [-0.25, -0.2) is 4.79 Å². The summed E-state index contributed by atoms with van der Waals surface area (Å²) in [5, 5.41) is 16.9. The number of nitrogens with zero attached hydrogens (tertiary/aromatic N) is 2. The number of likely N-dealkylation sites (N-methyl/N-ethyl adjacent to an activating group) is 2. The van der Waals surface area contributed by atoms with Crippen LogP contribution in [0.15, 0.2) is 60.7 Å². The second-order valence-corrected chi connectivity index (χ2v) is 18.0. The molecule has 4 aromatic rings. The lowest BCUT2D eigenvalue weighted by Gasteiger charge is -2.37. The lowest BCUT2D eigenvalue weighted by atomic mass is 9.86. The van der Waals surface area contributed by atoms with Crippen molar-refractivity contribution in [3.05, 3.63) is 99.6 Å². The number of methoxy groups -OCH3 is 2. The highest BCUT2D eigenvalue weighted by atomic mass is 32.2. The van der Waals surface area contributed by atoms with Crippen molar-refractivity contribution in [3.8, 4) is 40.2 Å². The van der Waals surface area contributed by atoms with Crippen LogP contribution in [0.2, 0.25) is 0 Å². The minimum atomic E-state index is -0.299. The number of hydrogen-bond acceptors (Lipinski definition) is 11. The Balaban J connectivity index is 1.04. The normalized spacial score (nSPS) is 23.2. The zero-order chi connectivity index (χ0) is 41.5. The molecule has 2 amide bonds. The fourth-order valence-corrected chi connectivity index (χ4v) is 11.2. The molecule has 0 spiro atoms. The van der Waals surface area contributed by atoms with Crippen LogP contribution < -0.4 is 34.3 Å². The van der Waals surface area contributed by atoms with Gasteiger partial charge in [-0.1, -0.05) is 24.6 Å². The predicted octanol–water partition coefficient (Wildman–Crippen LogP) is 7.27. The minimum Gasteiger partial charge on any atom is -0.493 e. The number of carbonyl (C=O) groups excluding carboxylic acids is 2. The SMILES string of the molecule is COc1cc2c3cc1Oc1c(OC)c(CO)cc4c1[C@H](Cc1ccc(cc1)Oc1cc(ccc1OC(=O)CCCC[C@@H]1SC[C@@H]5NC(=O)N[C@@H]51)C[C@H]3N(C)CC2)N(C)CC4. The first kappa shape index (κ1) is 40.5. The van der Waals surface area contributed by atoms with Crippen LogP contribution in [0.25, 0.3) is 0 Å². The molecule has 0 aliphatic carbocycles. The van der Waals surface area contributed by atoms with E-state index in [2.05, 4.69) is 64.9 Å². The number of fused-ring (bicyclic) bond motifs is 3. The summed E-state index contributed by atoms with van der Waals surface area (Å²) in [4.78, 5) is 29.9. The van der Waals surface area contributed by atoms with E-state index in [0.717, 1.165) is 72.3 Å². The van der Waals surface area contributed by atoms with Gasteiger partial charge in [-0.2, -0.15) is 11.8 Å². The third kappa shape index (κ3) is 8.00. The van der Waals surface area contributed by atoms with E-state index in [0.29, 0.717) is 70.3 Å². The molecule has 6 heterocycles. The maximum Gasteiger partial charge on any atom is 0.315 e. The quantitative estimate of drug-likeness (QED) is 0.0682. The fourth-order valence-electron chi connectivity index (χ4n) is 9.70. The molecule has 4 aromatic carbocycles. The molecule has 6 bridgehead atoms. The van der Waals surface area contributed by atoms with E-state index in [1.807, 2.05) is 42.1 Å². The number of esters is 1. The van der Waals surface area contributed by atoms with Crippen molar-refractivity contribution in [3.63, 3.8) is 0 Å². The van der Waals surface area contributed by atoms with Crippen LogP contribution in [0.3, 0.4) is 0 Å². The summed E-state index contributed by atoms with van der Waals surface area (Å²) in [5.41, 5.74) is 7.35. The van der Waals surface area contributed by atoms with Gasteiger partial charge >= 0.3 is 12.0 Å². The standard InChI is InChI=1S/C47H54N4O8S/c1-50-17-15-29-23-38(55-3)40-24-33(29)35(50)20-28-11-14-37(58-42(53)8-6-5-7-41-44-34(26-60-41)48-47(54)49-44)39(21-28)57-32-12-9-27(10-13-32)19-36-43-30(16-18-51(36)2)22-31(25-52)45(56-4)46(43)59-40/h9-14,21-24,34-36,41,44,52H,5-8,15-20,25-26H2,1-4H3,(H2,48,49,54)/t34-,35+,36-,41-,44-/m0/s1. The molecule has 6 aliphatic rings. The van der Waals surface area contributed by atoms with Crippen molar-refractivity contribution >= 4 is 23.8 Å². The number of benzene rings is 4. The summed E-state index contributed by atoms with van der Waals surface area (Å²) in [6.07, 6.45) is 5.82. The molecule has 2 saturated heterocycles. The van der Waals surface area contributed by atoms with Gasteiger partial charge in [-0.05, 0) is 123 Å². The number of thioether (sulfide) groups is 1. The second-order valence-electron chi connectivity index (χ2n) is 16.7. The van der Waals surface area contributed by atoms with Crippen molar-refractivity contribution in [2.24, 2.45) is 0 Å². The number of aliphatic hydroxyl groups is 1. The molecule has 316 valence electrons. The highest BCUT2D eigenvalue weighted by Crippen LogP contribution is 2.50. The number of nitrogens with one attached hydrogen (secondary N) is 2. The third-order valence-electron chi connectivity index (χ3n) is 13.0. The molecule has 10 rings (SSSR count). The van der Waals surface area contributed by atoms with Gasteiger partial charge in [0.15, 0.2) is 34.5 Å². The van der Waals surface area contributed by atoms with Crippen LogP contribution in [0.4, 0.5) is 4.79 Å². The van der Waals surface area contributed by atoms with E-state index < -0.39 is 0 Å². The summed E-state index contributed by atoms with van der Waals surface area (Å²) < 4.78 is 31.7. The monoisotopic (exact) mass is 834 g/mol. The van der Waals surface area contributed by atoms with Gasteiger partial charge in [0.2, 0.25) is 0 Å². The number of urea groups is 1. The molecule has 13 heteroatoms. The first-order valence-corrected chi connectivity index (χ1v) is 22.2. The number of ether oxygens (including phenoxy) is 5. The fraction of sp³-hybridized carbons (Fsp3) is 0.447. The average molecular weight is 835 g/mol. The third-order valence-corrected chi connectivity index (χ3v) is 14.5. The van der Waals surface area contributed by atoms with Crippen LogP contribution in [0, 0.1) is 0 Å². The van der Waals surface area contributed by atoms with Gasteiger partial charge in [-0.15, -0.1) is 0 Å². The van der Waals surface area contributed by atoms with E-state index in [1.54, 1.807) is 14.2 Å². The van der Waals surface area contributed by atoms with Crippen LogP contribution >= 0.6 is 11.8 Å². The summed E-state index contributed by atoms with van der Waals surface area (Å²) in [6.45, 7) is 1.54. The Morgan fingerprint density at radius 1 is 0.850 bits per heavy atom. The molecular formula is C47H54N4O8S. The molecule has 0 saturated carbocycles. The molecule has 0 radical (unpaired) electrons. The lowest BCUT2D eigenvalue weighted by Crippen LogP contribution is -2.36. The van der Waals surface area contributed by atoms with Gasteiger partial charge in [0.05, 0.1) is 32.9 Å². The maximum atomic E-state index is 13.3. The van der Waals surface area contributed by atoms with Crippen LogP contribution in [0.1, 0.15) is 76.7 Å². The Morgan fingerprint density at radius 3 is 2.38 bits per heavy atom. The van der Waals surface area contributed by atoms with Crippen molar-refractivity contribution in [1.82, 2.24) is 20.4 Å². The topological polar surface area (TPSA) is 131 Å². The first-order chi connectivity index (χ1) is 29.2. The highest BCUT2D eigenvalue weighted by Gasteiger charge is 2.42. The maximum absolute atomic E-state index is 13.3. The number of carbonyl (C=O) groups is 2. The number of rotatable bonds is 9. The van der Waals surface area contributed by atoms with E-state index in [4.69, 9.17) is 23.7 Å². The van der Waals surface area contributed by atoms with Crippen LogP contribution in [-0.4, -0.2) is 91.4 Å². The average Bonchev–Trinajstić information content (AvgIpc) is 3.81. The number of hydrogen-bond donors (Lipinski definition) is 3. The number of amides is 2. The van der Waals surface area contributed by atoms with Gasteiger partial charge in [-0.3, -0.25) is 14.6 Å². The van der Waals surface area contributed by atoms with E-state index in [-0.39, 0.29) is 49.2 Å². The van der Waals surface area contributed by atoms with E-state index in [1.165, 1.54) is 5.56 Å². The number of unbranched alkanes of at least 4 members (excludes halogenated alkanes) is 1. The summed E-state index contributed by atoms with van der Waals surface area (Å²) in [5.74, 6) is 4.49. The van der Waals surface area contributed by atoms with Gasteiger partial charge in [0.25, 0.3) is 0 Å². The zero-order valence-corrected chi connectivity index (χ0v) is 35.6. The molecule has 12 nitrogen and oxygen atoms in total. The molecule has 0 unspecified atom stereocenters. The second kappa shape index (κ2) is 17.2. The molecule has 60 heavy (non-hydrogen) atoms.